The number of nitriles is 1. The predicted octanol–water partition coefficient (Wildman–Crippen LogP) is 3.13. The minimum atomic E-state index is -3.96. The standard InChI is InChI=1S/C17H11ClFNO3S/c18-12-4-6-14(7-5-12)24(22,23)16-15(17(16,9-20)10-21)11-2-1-3-13(19)8-11/h1-8,10,15-16H/t15-,16+,17-/m0/s1. The number of hydrogen-bond acceptors (Lipinski definition) is 4. The Hall–Kier alpha value is -2.23. The molecule has 1 aliphatic carbocycles. The molecule has 0 aliphatic heterocycles. The van der Waals surface area contributed by atoms with Crippen molar-refractivity contribution >= 4 is 27.7 Å². The van der Waals surface area contributed by atoms with Crippen molar-refractivity contribution in [1.82, 2.24) is 0 Å². The summed E-state index contributed by atoms with van der Waals surface area (Å²) < 4.78 is 39.2. The highest BCUT2D eigenvalue weighted by Gasteiger charge is 2.72. The molecule has 7 heteroatoms. The van der Waals surface area contributed by atoms with Crippen molar-refractivity contribution in [3.05, 3.63) is 64.9 Å². The van der Waals surface area contributed by atoms with Gasteiger partial charge in [0.05, 0.1) is 11.0 Å². The SMILES string of the molecule is N#C[C@@]1(C=O)[C@H](S(=O)(=O)c2ccc(Cl)cc2)[C@@H]1c1cccc(F)c1. The van der Waals surface area contributed by atoms with Gasteiger partial charge in [-0.15, -0.1) is 0 Å². The van der Waals surface area contributed by atoms with Crippen LogP contribution in [0.5, 0.6) is 0 Å². The van der Waals surface area contributed by atoms with Crippen LogP contribution in [0.25, 0.3) is 0 Å². The number of nitrogens with zero attached hydrogens (tertiary/aromatic N) is 1. The van der Waals surface area contributed by atoms with Gasteiger partial charge < -0.3 is 4.79 Å². The quantitative estimate of drug-likeness (QED) is 0.782. The molecule has 3 atom stereocenters. The first kappa shape index (κ1) is 16.6. The zero-order valence-electron chi connectivity index (χ0n) is 12.2. The molecule has 122 valence electrons. The zero-order valence-corrected chi connectivity index (χ0v) is 13.8. The summed E-state index contributed by atoms with van der Waals surface area (Å²) in [6.07, 6.45) is 0.348. The third kappa shape index (κ3) is 2.41. The first-order valence-electron chi connectivity index (χ1n) is 6.99. The van der Waals surface area contributed by atoms with E-state index in [0.717, 1.165) is 6.07 Å². The smallest absolute Gasteiger partial charge is 0.183 e. The van der Waals surface area contributed by atoms with Crippen molar-refractivity contribution in [2.75, 3.05) is 0 Å². The van der Waals surface area contributed by atoms with E-state index in [2.05, 4.69) is 0 Å². The largest absolute Gasteiger partial charge is 0.302 e. The second-order valence-corrected chi connectivity index (χ2v) is 8.12. The van der Waals surface area contributed by atoms with Gasteiger partial charge in [0.15, 0.2) is 9.84 Å². The Morgan fingerprint density at radius 2 is 1.88 bits per heavy atom. The van der Waals surface area contributed by atoms with Crippen LogP contribution in [0.4, 0.5) is 4.39 Å². The van der Waals surface area contributed by atoms with E-state index in [-0.39, 0.29) is 4.90 Å². The minimum Gasteiger partial charge on any atom is -0.302 e. The number of rotatable bonds is 4. The topological polar surface area (TPSA) is 75.0 Å². The lowest BCUT2D eigenvalue weighted by Gasteiger charge is -2.04. The number of benzene rings is 2. The molecule has 4 nitrogen and oxygen atoms in total. The Bertz CT molecular complexity index is 953. The molecule has 0 unspecified atom stereocenters. The molecule has 0 heterocycles. The van der Waals surface area contributed by atoms with Crippen LogP contribution in [-0.2, 0) is 14.6 Å². The lowest BCUT2D eigenvalue weighted by atomic mass is 10.0. The van der Waals surface area contributed by atoms with Crippen LogP contribution in [0.2, 0.25) is 5.02 Å². The van der Waals surface area contributed by atoms with Crippen molar-refractivity contribution in [3.63, 3.8) is 0 Å². The van der Waals surface area contributed by atoms with Gasteiger partial charge in [-0.2, -0.15) is 5.26 Å². The molecule has 2 aromatic carbocycles. The molecule has 1 fully saturated rings. The van der Waals surface area contributed by atoms with Crippen molar-refractivity contribution in [2.24, 2.45) is 5.41 Å². The molecule has 0 aromatic heterocycles. The van der Waals surface area contributed by atoms with Gasteiger partial charge in [0, 0.05) is 10.9 Å². The maximum atomic E-state index is 13.5. The van der Waals surface area contributed by atoms with Crippen molar-refractivity contribution in [3.8, 4) is 6.07 Å². The molecular formula is C17H11ClFNO3S. The van der Waals surface area contributed by atoms with E-state index in [1.54, 1.807) is 0 Å². The van der Waals surface area contributed by atoms with Crippen molar-refractivity contribution < 1.29 is 17.6 Å². The van der Waals surface area contributed by atoms with E-state index < -0.39 is 32.2 Å². The maximum Gasteiger partial charge on any atom is 0.183 e. The van der Waals surface area contributed by atoms with Gasteiger partial charge in [-0.05, 0) is 42.0 Å². The number of carbonyl (C=O) groups excluding carboxylic acids is 1. The molecule has 3 rings (SSSR count). The average molecular weight is 364 g/mol. The number of aldehydes is 1. The molecule has 1 aliphatic rings. The monoisotopic (exact) mass is 363 g/mol. The first-order chi connectivity index (χ1) is 11.4. The van der Waals surface area contributed by atoms with Crippen LogP contribution >= 0.6 is 11.6 Å². The Kier molecular flexibility index (Phi) is 3.94. The van der Waals surface area contributed by atoms with E-state index in [0.29, 0.717) is 16.9 Å². The summed E-state index contributed by atoms with van der Waals surface area (Å²) in [5.41, 5.74) is -1.40. The van der Waals surface area contributed by atoms with Gasteiger partial charge in [0.1, 0.15) is 22.8 Å². The van der Waals surface area contributed by atoms with Gasteiger partial charge in [0.25, 0.3) is 0 Å². The number of hydrogen-bond donors (Lipinski definition) is 0. The Morgan fingerprint density at radius 1 is 1.21 bits per heavy atom. The zero-order chi connectivity index (χ0) is 17.5. The van der Waals surface area contributed by atoms with E-state index in [1.807, 2.05) is 6.07 Å². The fraction of sp³-hybridized carbons (Fsp3) is 0.176. The van der Waals surface area contributed by atoms with Gasteiger partial charge in [-0.1, -0.05) is 23.7 Å². The summed E-state index contributed by atoms with van der Waals surface area (Å²) in [5, 5.41) is 8.54. The van der Waals surface area contributed by atoms with E-state index in [9.17, 15) is 22.9 Å². The molecule has 24 heavy (non-hydrogen) atoms. The molecule has 0 amide bonds. The highest BCUT2D eigenvalue weighted by Crippen LogP contribution is 2.62. The summed E-state index contributed by atoms with van der Waals surface area (Å²) in [5.74, 6) is -1.46. The summed E-state index contributed by atoms with van der Waals surface area (Å²) >= 11 is 5.76. The highest BCUT2D eigenvalue weighted by atomic mass is 35.5. The van der Waals surface area contributed by atoms with Crippen molar-refractivity contribution in [1.29, 1.82) is 5.26 Å². The first-order valence-corrected chi connectivity index (χ1v) is 8.92. The Balaban J connectivity index is 2.10. The third-order valence-corrected chi connectivity index (χ3v) is 6.76. The van der Waals surface area contributed by atoms with Crippen LogP contribution in [0, 0.1) is 22.6 Å². The molecule has 2 aromatic rings. The van der Waals surface area contributed by atoms with Gasteiger partial charge >= 0.3 is 0 Å². The lowest BCUT2D eigenvalue weighted by molar-refractivity contribution is -0.110. The van der Waals surface area contributed by atoms with E-state index in [4.69, 9.17) is 11.6 Å². The molecule has 0 saturated heterocycles. The molecule has 0 N–H and O–H groups in total. The summed E-state index contributed by atoms with van der Waals surface area (Å²) in [4.78, 5) is 11.5. The maximum absolute atomic E-state index is 13.5. The summed E-state index contributed by atoms with van der Waals surface area (Å²) in [7, 11) is -3.96. The van der Waals surface area contributed by atoms with Crippen LogP contribution in [-0.4, -0.2) is 20.0 Å². The van der Waals surface area contributed by atoms with Crippen LogP contribution in [0.15, 0.2) is 53.4 Å². The second kappa shape index (κ2) is 5.69. The fourth-order valence-electron chi connectivity index (χ4n) is 3.03. The number of halogens is 2. The van der Waals surface area contributed by atoms with Gasteiger partial charge in [-0.3, -0.25) is 0 Å². The number of sulfone groups is 1. The van der Waals surface area contributed by atoms with Crippen LogP contribution in [0.1, 0.15) is 11.5 Å². The Morgan fingerprint density at radius 3 is 2.42 bits per heavy atom. The lowest BCUT2D eigenvalue weighted by Crippen LogP contribution is -2.16. The van der Waals surface area contributed by atoms with Crippen LogP contribution < -0.4 is 0 Å². The fourth-order valence-corrected chi connectivity index (χ4v) is 5.40. The molecule has 1 saturated carbocycles. The van der Waals surface area contributed by atoms with Crippen LogP contribution in [0.3, 0.4) is 0 Å². The van der Waals surface area contributed by atoms with E-state index in [1.165, 1.54) is 42.5 Å². The molecule has 0 bridgehead atoms. The molecule has 0 spiro atoms. The van der Waals surface area contributed by atoms with Gasteiger partial charge in [0.2, 0.25) is 0 Å². The molecular weight excluding hydrogens is 353 g/mol. The van der Waals surface area contributed by atoms with Gasteiger partial charge in [-0.25, -0.2) is 12.8 Å². The molecule has 0 radical (unpaired) electrons. The minimum absolute atomic E-state index is 0.0303. The average Bonchev–Trinajstić information content (AvgIpc) is 3.26. The summed E-state index contributed by atoms with van der Waals surface area (Å²) in [6, 6.07) is 12.6. The second-order valence-electron chi connectivity index (χ2n) is 5.61. The number of carbonyl (C=O) groups is 1. The summed E-state index contributed by atoms with van der Waals surface area (Å²) in [6.45, 7) is 0. The highest BCUT2D eigenvalue weighted by molar-refractivity contribution is 7.92. The van der Waals surface area contributed by atoms with Crippen molar-refractivity contribution in [2.45, 2.75) is 16.1 Å². The normalized spacial score (nSPS) is 25.7. The Labute approximate surface area is 143 Å². The third-order valence-electron chi connectivity index (χ3n) is 4.25. The van der Waals surface area contributed by atoms with E-state index >= 15 is 0 Å². The predicted molar refractivity (Wildman–Crippen MR) is 85.7 cm³/mol.